The Labute approximate surface area is 97.3 Å². The van der Waals surface area contributed by atoms with E-state index in [2.05, 4.69) is 20.5 Å². The van der Waals surface area contributed by atoms with Crippen molar-refractivity contribution in [3.8, 4) is 6.07 Å². The van der Waals surface area contributed by atoms with E-state index in [0.29, 0.717) is 12.1 Å². The minimum absolute atomic E-state index is 0.282. The first-order valence-electron chi connectivity index (χ1n) is 4.91. The van der Waals surface area contributed by atoms with Crippen LogP contribution < -0.4 is 5.32 Å². The molecule has 0 unspecified atom stereocenters. The molecular weight excluding hydrogens is 218 g/mol. The summed E-state index contributed by atoms with van der Waals surface area (Å²) in [5.41, 5.74) is 1.59. The molecule has 0 fully saturated rings. The predicted octanol–water partition coefficient (Wildman–Crippen LogP) is 0.606. The van der Waals surface area contributed by atoms with Crippen LogP contribution in [-0.4, -0.2) is 21.1 Å². The van der Waals surface area contributed by atoms with Crippen LogP contribution in [-0.2, 0) is 6.54 Å². The van der Waals surface area contributed by atoms with Gasteiger partial charge in [0.05, 0.1) is 11.8 Å². The highest BCUT2D eigenvalue weighted by molar-refractivity contribution is 5.92. The zero-order valence-electron chi connectivity index (χ0n) is 8.84. The number of H-pyrrole nitrogens is 1. The number of rotatable bonds is 3. The van der Waals surface area contributed by atoms with Gasteiger partial charge in [0.15, 0.2) is 0 Å². The van der Waals surface area contributed by atoms with E-state index in [1.165, 1.54) is 12.3 Å². The summed E-state index contributed by atoms with van der Waals surface area (Å²) in [6, 6.07) is 5.01. The highest BCUT2D eigenvalue weighted by Gasteiger charge is 2.06. The van der Waals surface area contributed by atoms with Crippen LogP contribution in [0.2, 0.25) is 0 Å². The molecule has 0 aliphatic rings. The van der Waals surface area contributed by atoms with Crippen LogP contribution in [0.1, 0.15) is 21.6 Å². The van der Waals surface area contributed by atoms with Crippen molar-refractivity contribution >= 4 is 5.91 Å². The monoisotopic (exact) mass is 227 g/mol. The number of aromatic amines is 1. The second-order valence-corrected chi connectivity index (χ2v) is 3.33. The summed E-state index contributed by atoms with van der Waals surface area (Å²) < 4.78 is 0. The van der Waals surface area contributed by atoms with E-state index in [1.54, 1.807) is 18.5 Å². The zero-order valence-corrected chi connectivity index (χ0v) is 8.84. The molecule has 17 heavy (non-hydrogen) atoms. The topological polar surface area (TPSA) is 94.5 Å². The Morgan fingerprint density at radius 1 is 1.47 bits per heavy atom. The van der Waals surface area contributed by atoms with E-state index >= 15 is 0 Å². The third-order valence-electron chi connectivity index (χ3n) is 2.13. The highest BCUT2D eigenvalue weighted by Crippen LogP contribution is 1.99. The van der Waals surface area contributed by atoms with Crippen LogP contribution in [0.25, 0.3) is 0 Å². The van der Waals surface area contributed by atoms with Gasteiger partial charge in [-0.2, -0.15) is 10.4 Å². The largest absolute Gasteiger partial charge is 0.347 e. The average molecular weight is 227 g/mol. The van der Waals surface area contributed by atoms with Gasteiger partial charge in [0.2, 0.25) is 0 Å². The number of carbonyl (C=O) groups excluding carboxylic acids is 1. The molecule has 1 amide bonds. The first-order valence-corrected chi connectivity index (χ1v) is 4.91. The number of hydrogen-bond acceptors (Lipinski definition) is 4. The van der Waals surface area contributed by atoms with Crippen molar-refractivity contribution in [3.63, 3.8) is 0 Å². The van der Waals surface area contributed by atoms with Crippen molar-refractivity contribution in [2.24, 2.45) is 0 Å². The Kier molecular flexibility index (Phi) is 3.12. The minimum Gasteiger partial charge on any atom is -0.347 e. The van der Waals surface area contributed by atoms with Crippen molar-refractivity contribution < 1.29 is 4.79 Å². The third kappa shape index (κ3) is 2.66. The summed E-state index contributed by atoms with van der Waals surface area (Å²) in [6.45, 7) is 0.386. The Morgan fingerprint density at radius 2 is 2.35 bits per heavy atom. The first kappa shape index (κ1) is 10.8. The van der Waals surface area contributed by atoms with Gasteiger partial charge in [0.1, 0.15) is 11.8 Å². The third-order valence-corrected chi connectivity index (χ3v) is 2.13. The van der Waals surface area contributed by atoms with E-state index in [4.69, 9.17) is 5.26 Å². The van der Waals surface area contributed by atoms with Crippen molar-refractivity contribution in [2.75, 3.05) is 0 Å². The molecule has 0 aliphatic carbocycles. The molecule has 2 aromatic heterocycles. The predicted molar refractivity (Wildman–Crippen MR) is 58.7 cm³/mol. The van der Waals surface area contributed by atoms with Gasteiger partial charge in [-0.3, -0.25) is 9.89 Å². The molecule has 0 atom stereocenters. The van der Waals surface area contributed by atoms with Gasteiger partial charge >= 0.3 is 0 Å². The van der Waals surface area contributed by atoms with Crippen molar-refractivity contribution in [3.05, 3.63) is 47.5 Å². The Hall–Kier alpha value is -2.68. The molecule has 0 aromatic carbocycles. The molecule has 2 heterocycles. The van der Waals surface area contributed by atoms with Gasteiger partial charge < -0.3 is 5.32 Å². The molecule has 2 N–H and O–H groups in total. The maximum absolute atomic E-state index is 11.7. The molecule has 0 radical (unpaired) electrons. The maximum Gasteiger partial charge on any atom is 0.270 e. The molecule has 0 saturated carbocycles. The smallest absolute Gasteiger partial charge is 0.270 e. The zero-order chi connectivity index (χ0) is 12.1. The average Bonchev–Trinajstić information content (AvgIpc) is 2.89. The molecule has 0 bridgehead atoms. The fourth-order valence-electron chi connectivity index (χ4n) is 1.24. The number of nitrogens with one attached hydrogen (secondary N) is 2. The first-order chi connectivity index (χ1) is 8.29. The Balaban J connectivity index is 1.97. The van der Waals surface area contributed by atoms with Gasteiger partial charge in [-0.05, 0) is 12.1 Å². The summed E-state index contributed by atoms with van der Waals surface area (Å²) in [5, 5.41) is 17.7. The van der Waals surface area contributed by atoms with E-state index in [-0.39, 0.29) is 11.6 Å². The van der Waals surface area contributed by atoms with E-state index in [0.717, 1.165) is 5.56 Å². The van der Waals surface area contributed by atoms with Gasteiger partial charge in [0.25, 0.3) is 5.91 Å². The van der Waals surface area contributed by atoms with Crippen LogP contribution in [0.15, 0.2) is 30.7 Å². The van der Waals surface area contributed by atoms with Crippen molar-refractivity contribution in [2.45, 2.75) is 6.54 Å². The Bertz CT molecular complexity index is 538. The Morgan fingerprint density at radius 3 is 2.94 bits per heavy atom. The number of aromatic nitrogens is 3. The van der Waals surface area contributed by atoms with Crippen LogP contribution in [0.5, 0.6) is 0 Å². The molecule has 2 rings (SSSR count). The molecule has 0 saturated heterocycles. The van der Waals surface area contributed by atoms with E-state index < -0.39 is 0 Å². The number of nitriles is 1. The van der Waals surface area contributed by atoms with Crippen LogP contribution in [0.3, 0.4) is 0 Å². The lowest BCUT2D eigenvalue weighted by atomic mass is 10.2. The molecule has 0 aliphatic heterocycles. The summed E-state index contributed by atoms with van der Waals surface area (Å²) in [5.74, 6) is -0.282. The molecule has 84 valence electrons. The summed E-state index contributed by atoms with van der Waals surface area (Å²) in [7, 11) is 0. The summed E-state index contributed by atoms with van der Waals surface area (Å²) >= 11 is 0. The SMILES string of the molecule is N#Cc1ccc(C(=O)NCc2cn[nH]c2)nc1. The van der Waals surface area contributed by atoms with Gasteiger partial charge in [0, 0.05) is 24.5 Å². The number of nitrogens with zero attached hydrogens (tertiary/aromatic N) is 3. The lowest BCUT2D eigenvalue weighted by Crippen LogP contribution is -2.23. The number of hydrogen-bond donors (Lipinski definition) is 2. The standard InChI is InChI=1S/C11H9N5O/c12-3-8-1-2-10(13-4-8)11(17)14-5-9-6-15-16-7-9/h1-2,4,6-7H,5H2,(H,14,17)(H,15,16). The van der Waals surface area contributed by atoms with Crippen LogP contribution >= 0.6 is 0 Å². The lowest BCUT2D eigenvalue weighted by Gasteiger charge is -2.02. The van der Waals surface area contributed by atoms with Crippen LogP contribution in [0.4, 0.5) is 0 Å². The minimum atomic E-state index is -0.282. The van der Waals surface area contributed by atoms with Gasteiger partial charge in [-0.25, -0.2) is 4.98 Å². The van der Waals surface area contributed by atoms with Crippen molar-refractivity contribution in [1.82, 2.24) is 20.5 Å². The second kappa shape index (κ2) is 4.90. The van der Waals surface area contributed by atoms with Gasteiger partial charge in [-0.1, -0.05) is 0 Å². The molecule has 0 spiro atoms. The summed E-state index contributed by atoms with van der Waals surface area (Å²) in [6.07, 6.45) is 4.70. The number of amides is 1. The summed E-state index contributed by atoms with van der Waals surface area (Å²) in [4.78, 5) is 15.5. The van der Waals surface area contributed by atoms with E-state index in [1.807, 2.05) is 6.07 Å². The maximum atomic E-state index is 11.7. The number of carbonyl (C=O) groups is 1. The fraction of sp³-hybridized carbons (Fsp3) is 0.0909. The highest BCUT2D eigenvalue weighted by atomic mass is 16.1. The van der Waals surface area contributed by atoms with Gasteiger partial charge in [-0.15, -0.1) is 0 Å². The van der Waals surface area contributed by atoms with Crippen molar-refractivity contribution in [1.29, 1.82) is 5.26 Å². The lowest BCUT2D eigenvalue weighted by molar-refractivity contribution is 0.0946. The normalized spacial score (nSPS) is 9.59. The van der Waals surface area contributed by atoms with E-state index in [9.17, 15) is 4.79 Å². The number of pyridine rings is 1. The quantitative estimate of drug-likeness (QED) is 0.803. The van der Waals surface area contributed by atoms with Crippen LogP contribution in [0, 0.1) is 11.3 Å². The molecule has 2 aromatic rings. The molecule has 6 nitrogen and oxygen atoms in total. The fourth-order valence-corrected chi connectivity index (χ4v) is 1.24. The molecular formula is C11H9N5O. The molecule has 6 heteroatoms. The second-order valence-electron chi connectivity index (χ2n) is 3.33.